The summed E-state index contributed by atoms with van der Waals surface area (Å²) in [6.45, 7) is 5.79. The molecule has 3 N–H and O–H groups in total. The molecule has 1 aromatic rings. The summed E-state index contributed by atoms with van der Waals surface area (Å²) >= 11 is 5.48. The normalized spacial score (nSPS) is 19.5. The standard InChI is InChI=1S/C24H35N5O4S/c1-3-15-33-19-7-5-18(6-8-19)26-21(30)16-20-23(32)27(2)24(34)29(20)12-4-11-28-13-9-17(10-14-28)22(25)31/h5-8,17,20H,3-4,9-16H2,1-2H3,(H2,25,31)(H,26,30)/t20-/m0/s1. The minimum absolute atomic E-state index is 0.0292. The lowest BCUT2D eigenvalue weighted by Gasteiger charge is -2.31. The highest BCUT2D eigenvalue weighted by Gasteiger charge is 2.41. The second-order valence-corrected chi connectivity index (χ2v) is 9.25. The third kappa shape index (κ3) is 6.66. The summed E-state index contributed by atoms with van der Waals surface area (Å²) in [4.78, 5) is 42.4. The van der Waals surface area contributed by atoms with E-state index in [0.29, 0.717) is 24.0 Å². The van der Waals surface area contributed by atoms with Gasteiger partial charge >= 0.3 is 0 Å². The predicted molar refractivity (Wildman–Crippen MR) is 134 cm³/mol. The van der Waals surface area contributed by atoms with Gasteiger partial charge in [-0.05, 0) is 81.8 Å². The number of benzene rings is 1. The third-order valence-corrected chi connectivity index (χ3v) is 6.89. The zero-order chi connectivity index (χ0) is 24.7. The van der Waals surface area contributed by atoms with E-state index in [0.717, 1.165) is 51.1 Å². The van der Waals surface area contributed by atoms with E-state index in [2.05, 4.69) is 10.2 Å². The van der Waals surface area contributed by atoms with Crippen LogP contribution in [0.2, 0.25) is 0 Å². The predicted octanol–water partition coefficient (Wildman–Crippen LogP) is 1.82. The van der Waals surface area contributed by atoms with Crippen molar-refractivity contribution in [1.29, 1.82) is 0 Å². The van der Waals surface area contributed by atoms with Crippen molar-refractivity contribution in [3.63, 3.8) is 0 Å². The number of hydrogen-bond donors (Lipinski definition) is 2. The van der Waals surface area contributed by atoms with Gasteiger partial charge in [0.2, 0.25) is 11.8 Å². The highest BCUT2D eigenvalue weighted by Crippen LogP contribution is 2.22. The van der Waals surface area contributed by atoms with Crippen molar-refractivity contribution in [3.05, 3.63) is 24.3 Å². The Morgan fingerprint density at radius 1 is 1.18 bits per heavy atom. The van der Waals surface area contributed by atoms with Gasteiger partial charge in [0.25, 0.3) is 5.91 Å². The number of carbonyl (C=O) groups is 3. The fraction of sp³-hybridized carbons (Fsp3) is 0.583. The van der Waals surface area contributed by atoms with Gasteiger partial charge in [0.15, 0.2) is 5.11 Å². The second kappa shape index (κ2) is 12.1. The van der Waals surface area contributed by atoms with Crippen molar-refractivity contribution in [2.75, 3.05) is 45.2 Å². The van der Waals surface area contributed by atoms with Crippen LogP contribution in [-0.4, -0.2) is 83.4 Å². The number of likely N-dealkylation sites (tertiary alicyclic amines) is 1. The molecule has 0 saturated carbocycles. The van der Waals surface area contributed by atoms with Gasteiger partial charge in [-0.1, -0.05) is 6.92 Å². The van der Waals surface area contributed by atoms with Crippen LogP contribution in [0.1, 0.15) is 39.0 Å². The molecular weight excluding hydrogens is 454 g/mol. The molecule has 9 nitrogen and oxygen atoms in total. The molecule has 0 aliphatic carbocycles. The molecule has 0 unspecified atom stereocenters. The van der Waals surface area contributed by atoms with Gasteiger partial charge in [-0.3, -0.25) is 19.3 Å². The molecule has 0 aromatic heterocycles. The minimum atomic E-state index is -0.606. The first kappa shape index (κ1) is 25.9. The summed E-state index contributed by atoms with van der Waals surface area (Å²) in [6.07, 6.45) is 3.33. The van der Waals surface area contributed by atoms with E-state index in [1.165, 1.54) is 4.90 Å². The highest BCUT2D eigenvalue weighted by atomic mass is 32.1. The van der Waals surface area contributed by atoms with Crippen molar-refractivity contribution in [3.8, 4) is 5.75 Å². The Morgan fingerprint density at radius 3 is 2.47 bits per heavy atom. The van der Waals surface area contributed by atoms with Crippen LogP contribution in [-0.2, 0) is 14.4 Å². The lowest BCUT2D eigenvalue weighted by atomic mass is 9.96. The number of nitrogens with two attached hydrogens (primary N) is 1. The fourth-order valence-electron chi connectivity index (χ4n) is 4.37. The first-order chi connectivity index (χ1) is 16.3. The Hall–Kier alpha value is -2.72. The molecule has 3 rings (SSSR count). The molecule has 3 amide bonds. The van der Waals surface area contributed by atoms with Gasteiger partial charge in [-0.25, -0.2) is 0 Å². The highest BCUT2D eigenvalue weighted by molar-refractivity contribution is 7.80. The van der Waals surface area contributed by atoms with Crippen LogP contribution < -0.4 is 15.8 Å². The summed E-state index contributed by atoms with van der Waals surface area (Å²) in [7, 11) is 1.65. The molecule has 2 fully saturated rings. The summed E-state index contributed by atoms with van der Waals surface area (Å²) in [5.74, 6) is 0.105. The van der Waals surface area contributed by atoms with E-state index in [1.54, 1.807) is 19.2 Å². The van der Waals surface area contributed by atoms with Crippen LogP contribution in [0.25, 0.3) is 0 Å². The number of nitrogens with one attached hydrogen (secondary N) is 1. The number of hydrogen-bond acceptors (Lipinski definition) is 6. The molecule has 1 atom stereocenters. The van der Waals surface area contributed by atoms with Crippen molar-refractivity contribution in [1.82, 2.24) is 14.7 Å². The van der Waals surface area contributed by atoms with E-state index in [-0.39, 0.29) is 30.1 Å². The molecule has 2 heterocycles. The van der Waals surface area contributed by atoms with Crippen LogP contribution in [0.15, 0.2) is 24.3 Å². The monoisotopic (exact) mass is 489 g/mol. The van der Waals surface area contributed by atoms with Crippen LogP contribution in [0, 0.1) is 5.92 Å². The SMILES string of the molecule is CCCOc1ccc(NC(=O)C[C@H]2C(=O)N(C)C(=S)N2CCCN2CCC(C(N)=O)CC2)cc1. The third-order valence-electron chi connectivity index (χ3n) is 6.38. The number of likely N-dealkylation sites (N-methyl/N-ethyl adjacent to an activating group) is 1. The van der Waals surface area contributed by atoms with E-state index >= 15 is 0 Å². The van der Waals surface area contributed by atoms with Crippen LogP contribution in [0.4, 0.5) is 5.69 Å². The minimum Gasteiger partial charge on any atom is -0.494 e. The molecular formula is C24H35N5O4S. The van der Waals surface area contributed by atoms with Crippen molar-refractivity contribution in [2.24, 2.45) is 11.7 Å². The number of nitrogens with zero attached hydrogens (tertiary/aromatic N) is 3. The van der Waals surface area contributed by atoms with E-state index in [1.807, 2.05) is 24.0 Å². The number of thiocarbonyl (C=S) groups is 1. The maximum Gasteiger partial charge on any atom is 0.251 e. The molecule has 0 bridgehead atoms. The van der Waals surface area contributed by atoms with Gasteiger partial charge in [-0.2, -0.15) is 0 Å². The molecule has 2 aliphatic rings. The number of piperidine rings is 1. The Bertz CT molecular complexity index is 886. The Morgan fingerprint density at radius 2 is 1.85 bits per heavy atom. The van der Waals surface area contributed by atoms with Crippen LogP contribution in [0.5, 0.6) is 5.75 Å². The molecule has 10 heteroatoms. The first-order valence-corrected chi connectivity index (χ1v) is 12.3. The quantitative estimate of drug-likeness (QED) is 0.457. The molecule has 2 aliphatic heterocycles. The van der Waals surface area contributed by atoms with Crippen LogP contribution >= 0.6 is 12.2 Å². The Balaban J connectivity index is 1.50. The smallest absolute Gasteiger partial charge is 0.251 e. The molecule has 186 valence electrons. The van der Waals surface area contributed by atoms with E-state index < -0.39 is 6.04 Å². The maximum atomic E-state index is 12.8. The summed E-state index contributed by atoms with van der Waals surface area (Å²) < 4.78 is 5.56. The largest absolute Gasteiger partial charge is 0.494 e. The zero-order valence-electron chi connectivity index (χ0n) is 20.0. The topological polar surface area (TPSA) is 108 Å². The van der Waals surface area contributed by atoms with Gasteiger partial charge in [0.1, 0.15) is 11.8 Å². The van der Waals surface area contributed by atoms with Gasteiger partial charge in [0, 0.05) is 25.2 Å². The van der Waals surface area contributed by atoms with Crippen molar-refractivity contribution >= 4 is 40.7 Å². The lowest BCUT2D eigenvalue weighted by molar-refractivity contribution is -0.130. The summed E-state index contributed by atoms with van der Waals surface area (Å²) in [5, 5.41) is 3.31. The molecule has 2 saturated heterocycles. The molecule has 34 heavy (non-hydrogen) atoms. The number of ether oxygens (including phenoxy) is 1. The number of anilines is 1. The first-order valence-electron chi connectivity index (χ1n) is 11.9. The summed E-state index contributed by atoms with van der Waals surface area (Å²) in [6, 6.07) is 6.59. The average Bonchev–Trinajstić information content (AvgIpc) is 3.02. The van der Waals surface area contributed by atoms with E-state index in [4.69, 9.17) is 22.7 Å². The molecule has 1 aromatic carbocycles. The average molecular weight is 490 g/mol. The number of rotatable bonds is 11. The molecule has 0 spiro atoms. The van der Waals surface area contributed by atoms with Gasteiger partial charge in [-0.15, -0.1) is 0 Å². The zero-order valence-corrected chi connectivity index (χ0v) is 20.8. The number of carbonyl (C=O) groups excluding carboxylic acids is 3. The lowest BCUT2D eigenvalue weighted by Crippen LogP contribution is -2.41. The fourth-order valence-corrected chi connectivity index (χ4v) is 4.68. The number of amides is 3. The summed E-state index contributed by atoms with van der Waals surface area (Å²) in [5.41, 5.74) is 6.06. The van der Waals surface area contributed by atoms with Crippen molar-refractivity contribution < 1.29 is 19.1 Å². The Labute approximate surface area is 206 Å². The van der Waals surface area contributed by atoms with Gasteiger partial charge < -0.3 is 25.6 Å². The Kier molecular flexibility index (Phi) is 9.23. The molecule has 0 radical (unpaired) electrons. The second-order valence-electron chi connectivity index (χ2n) is 8.89. The number of primary amides is 1. The van der Waals surface area contributed by atoms with Crippen LogP contribution in [0.3, 0.4) is 0 Å². The van der Waals surface area contributed by atoms with Gasteiger partial charge in [0.05, 0.1) is 13.0 Å². The van der Waals surface area contributed by atoms with E-state index in [9.17, 15) is 14.4 Å². The maximum absolute atomic E-state index is 12.8. The van der Waals surface area contributed by atoms with Crippen molar-refractivity contribution in [2.45, 2.75) is 45.1 Å².